The van der Waals surface area contributed by atoms with E-state index in [2.05, 4.69) is 74.5 Å². The van der Waals surface area contributed by atoms with Gasteiger partial charge in [0, 0.05) is 0 Å². The molecule has 1 aliphatic carbocycles. The maximum atomic E-state index is 9.94. The first-order chi connectivity index (χ1) is 14.2. The summed E-state index contributed by atoms with van der Waals surface area (Å²) in [6, 6.07) is 22.5. The van der Waals surface area contributed by atoms with Crippen molar-refractivity contribution in [1.82, 2.24) is 0 Å². The molecule has 1 heteroatoms. The molecule has 1 aliphatic rings. The molecule has 3 rings (SSSR count). The molecule has 0 heterocycles. The Morgan fingerprint density at radius 2 is 1.59 bits per heavy atom. The maximum Gasteiger partial charge on any atom is 0.0689 e. The van der Waals surface area contributed by atoms with Crippen LogP contribution >= 0.6 is 0 Å². The number of rotatable bonds is 9. The highest BCUT2D eigenvalue weighted by molar-refractivity contribution is 5.63. The summed E-state index contributed by atoms with van der Waals surface area (Å²) in [5.74, 6) is 1.37. The van der Waals surface area contributed by atoms with Crippen molar-refractivity contribution in [3.05, 3.63) is 60.2 Å². The summed E-state index contributed by atoms with van der Waals surface area (Å²) < 4.78 is 0. The van der Waals surface area contributed by atoms with Crippen LogP contribution in [0, 0.1) is 22.7 Å². The van der Waals surface area contributed by atoms with Gasteiger partial charge in [0.1, 0.15) is 0 Å². The molecule has 0 amide bonds. The molecule has 1 nitrogen and oxygen atoms in total. The summed E-state index contributed by atoms with van der Waals surface area (Å²) in [5.41, 5.74) is 3.94. The zero-order valence-corrected chi connectivity index (χ0v) is 18.4. The standard InChI is InChI=1S/C28H37N/c1-3-4-6-9-23(2)16-19-28(22-29)20-17-27(18-21-28)26-14-12-25(13-15-26)24-10-7-5-8-11-24/h5,7-8,10-15,23,27H,3-4,6,9,16-21H2,1-2H3. The lowest BCUT2D eigenvalue weighted by Gasteiger charge is -2.36. The smallest absolute Gasteiger partial charge is 0.0689 e. The molecule has 1 fully saturated rings. The average molecular weight is 388 g/mol. The lowest BCUT2D eigenvalue weighted by Crippen LogP contribution is -2.26. The van der Waals surface area contributed by atoms with Gasteiger partial charge in [-0.15, -0.1) is 0 Å². The van der Waals surface area contributed by atoms with Gasteiger partial charge in [0.25, 0.3) is 0 Å². The summed E-state index contributed by atoms with van der Waals surface area (Å²) in [6.07, 6.45) is 12.1. The normalized spacial score (nSPS) is 22.7. The van der Waals surface area contributed by atoms with E-state index in [9.17, 15) is 5.26 Å². The minimum absolute atomic E-state index is 0.0699. The Morgan fingerprint density at radius 1 is 0.931 bits per heavy atom. The molecule has 0 bridgehead atoms. The number of nitrogens with zero attached hydrogens (tertiary/aromatic N) is 1. The highest BCUT2D eigenvalue weighted by Gasteiger charge is 2.35. The Hall–Kier alpha value is -2.07. The van der Waals surface area contributed by atoms with E-state index in [-0.39, 0.29) is 5.41 Å². The summed E-state index contributed by atoms with van der Waals surface area (Å²) >= 11 is 0. The fraction of sp³-hybridized carbons (Fsp3) is 0.536. The summed E-state index contributed by atoms with van der Waals surface area (Å²) in [6.45, 7) is 4.64. The van der Waals surface area contributed by atoms with Crippen molar-refractivity contribution in [2.75, 3.05) is 0 Å². The fourth-order valence-corrected chi connectivity index (χ4v) is 4.91. The third kappa shape index (κ3) is 5.96. The van der Waals surface area contributed by atoms with Crippen LogP contribution in [0.5, 0.6) is 0 Å². The Balaban J connectivity index is 1.52. The lowest BCUT2D eigenvalue weighted by molar-refractivity contribution is 0.212. The van der Waals surface area contributed by atoms with Gasteiger partial charge >= 0.3 is 0 Å². The highest BCUT2D eigenvalue weighted by atomic mass is 14.4. The number of unbranched alkanes of at least 4 members (excludes halogenated alkanes) is 2. The predicted molar refractivity (Wildman–Crippen MR) is 124 cm³/mol. The van der Waals surface area contributed by atoms with Crippen LogP contribution in [0.2, 0.25) is 0 Å². The van der Waals surface area contributed by atoms with E-state index in [1.165, 1.54) is 48.8 Å². The Kier molecular flexibility index (Phi) is 7.93. The van der Waals surface area contributed by atoms with Crippen molar-refractivity contribution < 1.29 is 0 Å². The van der Waals surface area contributed by atoms with Crippen LogP contribution in [-0.4, -0.2) is 0 Å². The third-order valence-electron chi connectivity index (χ3n) is 7.09. The van der Waals surface area contributed by atoms with Crippen molar-refractivity contribution in [2.45, 2.75) is 84.0 Å². The van der Waals surface area contributed by atoms with E-state index >= 15 is 0 Å². The Morgan fingerprint density at radius 3 is 2.21 bits per heavy atom. The van der Waals surface area contributed by atoms with Gasteiger partial charge in [-0.25, -0.2) is 0 Å². The van der Waals surface area contributed by atoms with Gasteiger partial charge in [-0.2, -0.15) is 5.26 Å². The topological polar surface area (TPSA) is 23.8 Å². The maximum absolute atomic E-state index is 9.94. The molecule has 2 aromatic rings. The molecule has 0 radical (unpaired) electrons. The van der Waals surface area contributed by atoms with E-state index in [0.29, 0.717) is 5.92 Å². The number of hydrogen-bond acceptors (Lipinski definition) is 1. The van der Waals surface area contributed by atoms with Crippen LogP contribution < -0.4 is 0 Å². The van der Waals surface area contributed by atoms with Crippen LogP contribution in [0.15, 0.2) is 54.6 Å². The zero-order chi connectivity index (χ0) is 20.5. The van der Waals surface area contributed by atoms with Gasteiger partial charge in [0.05, 0.1) is 11.5 Å². The first-order valence-corrected chi connectivity index (χ1v) is 11.7. The third-order valence-corrected chi connectivity index (χ3v) is 7.09. The minimum Gasteiger partial charge on any atom is -0.198 e. The van der Waals surface area contributed by atoms with E-state index in [1.807, 2.05) is 0 Å². The highest BCUT2D eigenvalue weighted by Crippen LogP contribution is 2.46. The van der Waals surface area contributed by atoms with Crippen molar-refractivity contribution in [1.29, 1.82) is 5.26 Å². The van der Waals surface area contributed by atoms with Crippen molar-refractivity contribution >= 4 is 0 Å². The fourth-order valence-electron chi connectivity index (χ4n) is 4.91. The largest absolute Gasteiger partial charge is 0.198 e. The molecular formula is C28H37N. The Labute approximate surface area is 178 Å². The second-order valence-electron chi connectivity index (χ2n) is 9.29. The summed E-state index contributed by atoms with van der Waals surface area (Å²) in [4.78, 5) is 0. The second-order valence-corrected chi connectivity index (χ2v) is 9.29. The molecule has 29 heavy (non-hydrogen) atoms. The van der Waals surface area contributed by atoms with Gasteiger partial charge in [-0.3, -0.25) is 0 Å². The summed E-state index contributed by atoms with van der Waals surface area (Å²) in [5, 5.41) is 9.94. The summed E-state index contributed by atoms with van der Waals surface area (Å²) in [7, 11) is 0. The van der Waals surface area contributed by atoms with Gasteiger partial charge in [-0.05, 0) is 67.1 Å². The van der Waals surface area contributed by atoms with Crippen LogP contribution in [0.3, 0.4) is 0 Å². The van der Waals surface area contributed by atoms with Gasteiger partial charge in [-0.1, -0.05) is 94.1 Å². The second kappa shape index (κ2) is 10.6. The molecule has 154 valence electrons. The minimum atomic E-state index is -0.0699. The molecule has 2 aromatic carbocycles. The van der Waals surface area contributed by atoms with Crippen LogP contribution in [0.1, 0.15) is 89.5 Å². The first-order valence-electron chi connectivity index (χ1n) is 11.7. The molecule has 0 N–H and O–H groups in total. The molecule has 1 atom stereocenters. The van der Waals surface area contributed by atoms with Gasteiger partial charge in [0.2, 0.25) is 0 Å². The van der Waals surface area contributed by atoms with E-state index in [4.69, 9.17) is 0 Å². The van der Waals surface area contributed by atoms with Gasteiger partial charge < -0.3 is 0 Å². The van der Waals surface area contributed by atoms with Crippen molar-refractivity contribution in [3.63, 3.8) is 0 Å². The van der Waals surface area contributed by atoms with Gasteiger partial charge in [0.15, 0.2) is 0 Å². The van der Waals surface area contributed by atoms with Crippen LogP contribution in [-0.2, 0) is 0 Å². The van der Waals surface area contributed by atoms with Crippen LogP contribution in [0.25, 0.3) is 11.1 Å². The molecule has 0 spiro atoms. The monoisotopic (exact) mass is 387 g/mol. The van der Waals surface area contributed by atoms with E-state index < -0.39 is 0 Å². The number of hydrogen-bond donors (Lipinski definition) is 0. The average Bonchev–Trinajstić information content (AvgIpc) is 2.79. The first kappa shape index (κ1) is 21.6. The quantitative estimate of drug-likeness (QED) is 0.395. The Bertz CT molecular complexity index is 760. The number of nitriles is 1. The van der Waals surface area contributed by atoms with Crippen molar-refractivity contribution in [2.24, 2.45) is 11.3 Å². The van der Waals surface area contributed by atoms with Crippen molar-refractivity contribution in [3.8, 4) is 17.2 Å². The molecule has 1 unspecified atom stereocenters. The lowest BCUT2D eigenvalue weighted by atomic mass is 9.67. The number of benzene rings is 2. The van der Waals surface area contributed by atoms with E-state index in [0.717, 1.165) is 38.0 Å². The predicted octanol–water partition coefficient (Wildman–Crippen LogP) is 8.52. The molecule has 0 saturated heterocycles. The van der Waals surface area contributed by atoms with Crippen LogP contribution in [0.4, 0.5) is 0 Å². The molecular weight excluding hydrogens is 350 g/mol. The molecule has 0 aliphatic heterocycles. The zero-order valence-electron chi connectivity index (χ0n) is 18.4. The molecule has 1 saturated carbocycles. The van der Waals surface area contributed by atoms with E-state index in [1.54, 1.807) is 0 Å². The SMILES string of the molecule is CCCCCC(C)CCC1(C#N)CCC(c2ccc(-c3ccccc3)cc2)CC1. The molecule has 0 aromatic heterocycles.